The Morgan fingerprint density at radius 3 is 2.61 bits per heavy atom. The first-order chi connectivity index (χ1) is 17.4. The maximum absolute atomic E-state index is 13.0. The van der Waals surface area contributed by atoms with Crippen LogP contribution in [-0.2, 0) is 11.2 Å². The first kappa shape index (κ1) is 23.2. The van der Waals surface area contributed by atoms with Crippen LogP contribution in [0.15, 0.2) is 30.5 Å². The van der Waals surface area contributed by atoms with Crippen LogP contribution in [0.25, 0.3) is 0 Å². The van der Waals surface area contributed by atoms with E-state index in [0.29, 0.717) is 36.6 Å². The molecule has 1 spiro atoms. The quantitative estimate of drug-likeness (QED) is 0.667. The third-order valence-corrected chi connectivity index (χ3v) is 8.52. The van der Waals surface area contributed by atoms with Crippen LogP contribution in [0, 0.1) is 0 Å². The van der Waals surface area contributed by atoms with Gasteiger partial charge in [0.25, 0.3) is 5.91 Å². The molecule has 2 atom stereocenters. The van der Waals surface area contributed by atoms with E-state index in [2.05, 4.69) is 39.5 Å². The van der Waals surface area contributed by atoms with Crippen molar-refractivity contribution in [3.05, 3.63) is 41.6 Å². The van der Waals surface area contributed by atoms with Crippen molar-refractivity contribution in [3.63, 3.8) is 0 Å². The number of hydrogen-bond acceptors (Lipinski definition) is 7. The maximum Gasteiger partial charge on any atom is 0.253 e. The second kappa shape index (κ2) is 9.03. The fourth-order valence-corrected chi connectivity index (χ4v) is 6.49. The average Bonchev–Trinajstić information content (AvgIpc) is 3.67. The fourth-order valence-electron chi connectivity index (χ4n) is 6.49. The predicted molar refractivity (Wildman–Crippen MR) is 139 cm³/mol. The largest absolute Gasteiger partial charge is 0.354 e. The zero-order valence-electron chi connectivity index (χ0n) is 21.2. The predicted octanol–water partition coefficient (Wildman–Crippen LogP) is 2.56. The highest BCUT2D eigenvalue weighted by Gasteiger charge is 2.55. The molecule has 1 aliphatic carbocycles. The molecule has 4 heterocycles. The van der Waals surface area contributed by atoms with E-state index in [-0.39, 0.29) is 11.8 Å². The minimum atomic E-state index is -0.520. The summed E-state index contributed by atoms with van der Waals surface area (Å²) in [6, 6.07) is 8.31. The van der Waals surface area contributed by atoms with Crippen molar-refractivity contribution in [2.24, 2.45) is 0 Å². The Labute approximate surface area is 212 Å². The molecule has 2 N–H and O–H groups in total. The molecule has 6 rings (SSSR count). The van der Waals surface area contributed by atoms with Crippen LogP contribution in [-0.4, -0.2) is 82.9 Å². The van der Waals surface area contributed by atoms with Crippen LogP contribution in [0.4, 0.5) is 17.5 Å². The number of carbonyl (C=O) groups is 2. The van der Waals surface area contributed by atoms with Gasteiger partial charge < -0.3 is 25.3 Å². The van der Waals surface area contributed by atoms with Crippen molar-refractivity contribution in [2.75, 3.05) is 43.9 Å². The van der Waals surface area contributed by atoms with Crippen molar-refractivity contribution in [2.45, 2.75) is 62.6 Å². The molecule has 2 amide bonds. The van der Waals surface area contributed by atoms with Gasteiger partial charge in [-0.2, -0.15) is 4.98 Å². The summed E-state index contributed by atoms with van der Waals surface area (Å²) in [5.74, 6) is 1.61. The number of anilines is 3. The highest BCUT2D eigenvalue weighted by Crippen LogP contribution is 2.46. The van der Waals surface area contributed by atoms with Gasteiger partial charge in [0.05, 0.1) is 0 Å². The number of benzene rings is 1. The Kier molecular flexibility index (Phi) is 5.82. The second-order valence-electron chi connectivity index (χ2n) is 10.9. The van der Waals surface area contributed by atoms with Crippen molar-refractivity contribution in [3.8, 4) is 0 Å². The lowest BCUT2D eigenvalue weighted by Crippen LogP contribution is -2.56. The highest BCUT2D eigenvalue weighted by molar-refractivity contribution is 5.95. The highest BCUT2D eigenvalue weighted by atomic mass is 16.2. The number of hydrogen-bond donors (Lipinski definition) is 2. The Bertz CT molecular complexity index is 1160. The number of amides is 2. The van der Waals surface area contributed by atoms with Gasteiger partial charge in [-0.05, 0) is 64.0 Å². The third kappa shape index (κ3) is 3.89. The summed E-state index contributed by atoms with van der Waals surface area (Å²) in [6.07, 6.45) is 8.96. The van der Waals surface area contributed by atoms with Gasteiger partial charge >= 0.3 is 0 Å². The van der Waals surface area contributed by atoms with Gasteiger partial charge in [-0.1, -0.05) is 12.8 Å². The number of aromatic nitrogens is 2. The molecule has 1 aromatic carbocycles. The smallest absolute Gasteiger partial charge is 0.253 e. The van der Waals surface area contributed by atoms with Crippen molar-refractivity contribution < 1.29 is 9.59 Å². The number of likely N-dealkylation sites (N-methyl/N-ethyl adjacent to an activating group) is 1. The first-order valence-corrected chi connectivity index (χ1v) is 13.2. The summed E-state index contributed by atoms with van der Waals surface area (Å²) < 4.78 is 0. The van der Waals surface area contributed by atoms with Gasteiger partial charge in [-0.25, -0.2) is 4.98 Å². The van der Waals surface area contributed by atoms with E-state index in [1.807, 2.05) is 35.4 Å². The van der Waals surface area contributed by atoms with Crippen molar-refractivity contribution in [1.82, 2.24) is 25.1 Å². The lowest BCUT2D eigenvalue weighted by molar-refractivity contribution is -0.123. The number of nitrogens with one attached hydrogen (secondary N) is 2. The number of rotatable bonds is 5. The van der Waals surface area contributed by atoms with E-state index in [9.17, 15) is 9.59 Å². The summed E-state index contributed by atoms with van der Waals surface area (Å²) in [5, 5.41) is 6.37. The van der Waals surface area contributed by atoms with Gasteiger partial charge in [0, 0.05) is 61.1 Å². The molecule has 1 saturated carbocycles. The first-order valence-electron chi connectivity index (χ1n) is 13.2. The Morgan fingerprint density at radius 1 is 1.17 bits per heavy atom. The summed E-state index contributed by atoms with van der Waals surface area (Å²) in [4.78, 5) is 41.9. The fraction of sp³-hybridized carbons (Fsp3) is 0.556. The molecule has 190 valence electrons. The molecule has 2 saturated heterocycles. The molecular weight excluding hydrogens is 454 g/mol. The lowest BCUT2D eigenvalue weighted by Gasteiger charge is -2.38. The topological polar surface area (TPSA) is 93.7 Å². The molecule has 2 aromatic rings. The zero-order chi connectivity index (χ0) is 24.9. The number of nitrogens with zero attached hydrogens (tertiary/aromatic N) is 5. The molecule has 36 heavy (non-hydrogen) atoms. The Balaban J connectivity index is 1.19. The third-order valence-electron chi connectivity index (χ3n) is 8.52. The normalized spacial score (nSPS) is 25.8. The number of fused-ring (bicyclic) bond motifs is 1. The van der Waals surface area contributed by atoms with E-state index >= 15 is 0 Å². The van der Waals surface area contributed by atoms with E-state index in [0.717, 1.165) is 55.8 Å². The molecule has 9 nitrogen and oxygen atoms in total. The second-order valence-corrected chi connectivity index (χ2v) is 10.9. The number of carbonyl (C=O) groups excluding carboxylic acids is 2. The summed E-state index contributed by atoms with van der Waals surface area (Å²) >= 11 is 0. The van der Waals surface area contributed by atoms with Gasteiger partial charge in [-0.3, -0.25) is 9.59 Å². The van der Waals surface area contributed by atoms with Crippen molar-refractivity contribution >= 4 is 29.3 Å². The summed E-state index contributed by atoms with van der Waals surface area (Å²) in [7, 11) is 4.13. The van der Waals surface area contributed by atoms with Crippen LogP contribution < -0.4 is 15.5 Å². The number of likely N-dealkylation sites (tertiary alicyclic amines) is 1. The minimum Gasteiger partial charge on any atom is -0.354 e. The Hall–Kier alpha value is -3.20. The monoisotopic (exact) mass is 489 g/mol. The van der Waals surface area contributed by atoms with E-state index in [4.69, 9.17) is 4.98 Å². The van der Waals surface area contributed by atoms with E-state index in [1.165, 1.54) is 12.8 Å². The molecule has 3 fully saturated rings. The molecule has 0 unspecified atom stereocenters. The van der Waals surface area contributed by atoms with Gasteiger partial charge in [0.15, 0.2) is 0 Å². The van der Waals surface area contributed by atoms with Crippen LogP contribution in [0.5, 0.6) is 0 Å². The summed E-state index contributed by atoms with van der Waals surface area (Å²) in [6.45, 7) is 2.28. The minimum absolute atomic E-state index is 0.0759. The zero-order valence-corrected chi connectivity index (χ0v) is 21.2. The maximum atomic E-state index is 13.0. The van der Waals surface area contributed by atoms with Gasteiger partial charge in [-0.15, -0.1) is 0 Å². The average molecular weight is 490 g/mol. The lowest BCUT2D eigenvalue weighted by atomic mass is 9.91. The van der Waals surface area contributed by atoms with Crippen LogP contribution in [0.3, 0.4) is 0 Å². The van der Waals surface area contributed by atoms with Crippen LogP contribution in [0.1, 0.15) is 54.4 Å². The molecule has 0 radical (unpaired) electrons. The standard InChI is InChI=1S/C27H35N7O2/c1-32(2)22-11-14-33(17-22)24(35)18-7-9-20(10-8-18)30-26-29-16-19-15-27(12-13-28-25(27)36)34(23(19)31-26)21-5-3-4-6-21/h7-10,16,21-22H,3-6,11-15,17H2,1-2H3,(H,28,36)(H,29,30,31)/t22-,27-/m1/s1. The van der Waals surface area contributed by atoms with Gasteiger partial charge in [0.1, 0.15) is 11.4 Å². The molecule has 0 bridgehead atoms. The molecule has 1 aromatic heterocycles. The van der Waals surface area contributed by atoms with E-state index < -0.39 is 5.54 Å². The molecular formula is C27H35N7O2. The molecule has 3 aliphatic heterocycles. The van der Waals surface area contributed by atoms with Crippen LogP contribution in [0.2, 0.25) is 0 Å². The summed E-state index contributed by atoms with van der Waals surface area (Å²) in [5.41, 5.74) is 2.05. The van der Waals surface area contributed by atoms with Crippen LogP contribution >= 0.6 is 0 Å². The van der Waals surface area contributed by atoms with Gasteiger partial charge in [0.2, 0.25) is 11.9 Å². The van der Waals surface area contributed by atoms with Crippen molar-refractivity contribution in [1.29, 1.82) is 0 Å². The SMILES string of the molecule is CN(C)[C@@H]1CCN(C(=O)c2ccc(Nc3ncc4c(n3)N(C3CCCC3)[C@]3(CCNC3=O)C4)cc2)C1. The Morgan fingerprint density at radius 2 is 1.94 bits per heavy atom. The molecule has 4 aliphatic rings. The molecule has 9 heteroatoms. The van der Waals surface area contributed by atoms with E-state index in [1.54, 1.807) is 0 Å².